The SMILES string of the molecule is [B]c1cc2ccc3ccc4ccc5ccc6ccc1c1c6c5c4c3c21. The predicted octanol–water partition coefficient (Wildman–Crippen LogP) is 5.71. The van der Waals surface area contributed by atoms with E-state index in [1.807, 2.05) is 0 Å². The molecule has 0 bridgehead atoms. The Bertz CT molecular complexity index is 1530. The molecule has 7 rings (SSSR count). The van der Waals surface area contributed by atoms with Crippen molar-refractivity contribution in [1.82, 2.24) is 0 Å². The summed E-state index contributed by atoms with van der Waals surface area (Å²) in [6, 6.07) is 24.5. The first kappa shape index (κ1) is 12.3. The van der Waals surface area contributed by atoms with Gasteiger partial charge in [0.25, 0.3) is 0 Å². The van der Waals surface area contributed by atoms with Crippen LogP contribution in [0.4, 0.5) is 0 Å². The van der Waals surface area contributed by atoms with Gasteiger partial charge in [0, 0.05) is 0 Å². The maximum absolute atomic E-state index is 6.44. The second-order valence-electron chi connectivity index (χ2n) is 7.21. The maximum atomic E-state index is 6.44. The Balaban J connectivity index is 2.10. The van der Waals surface area contributed by atoms with Crippen LogP contribution in [0.25, 0.3) is 64.6 Å². The zero-order chi connectivity index (χ0) is 16.3. The molecule has 0 nitrogen and oxygen atoms in total. The van der Waals surface area contributed by atoms with Crippen molar-refractivity contribution < 1.29 is 0 Å². The first-order chi connectivity index (χ1) is 12.3. The Morgan fingerprint density at radius 2 is 0.760 bits per heavy atom. The van der Waals surface area contributed by atoms with E-state index in [-0.39, 0.29) is 0 Å². The summed E-state index contributed by atoms with van der Waals surface area (Å²) in [7, 11) is 6.44. The molecule has 2 radical (unpaired) electrons. The van der Waals surface area contributed by atoms with Crippen molar-refractivity contribution in [3.05, 3.63) is 66.7 Å². The lowest BCUT2D eigenvalue weighted by atomic mass is 9.79. The van der Waals surface area contributed by atoms with E-state index >= 15 is 0 Å². The van der Waals surface area contributed by atoms with E-state index in [2.05, 4.69) is 66.7 Å². The summed E-state index contributed by atoms with van der Waals surface area (Å²) in [5.74, 6) is 0. The van der Waals surface area contributed by atoms with E-state index in [1.54, 1.807) is 0 Å². The number of benzene rings is 7. The molecule has 0 atom stereocenters. The molecule has 0 amide bonds. The van der Waals surface area contributed by atoms with E-state index in [0.717, 1.165) is 5.46 Å². The molecule has 7 aromatic rings. The van der Waals surface area contributed by atoms with E-state index in [4.69, 9.17) is 7.85 Å². The largest absolute Gasteiger partial charge is 0.114 e. The van der Waals surface area contributed by atoms with Crippen LogP contribution in [0.5, 0.6) is 0 Å². The first-order valence-corrected chi connectivity index (χ1v) is 8.67. The molecule has 110 valence electrons. The molecule has 0 unspecified atom stereocenters. The highest BCUT2D eigenvalue weighted by Gasteiger charge is 2.20. The minimum atomic E-state index is 0.868. The minimum absolute atomic E-state index is 0.868. The number of rotatable bonds is 0. The molecule has 1 heteroatoms. The summed E-state index contributed by atoms with van der Waals surface area (Å²) in [4.78, 5) is 0. The molecular formula is C24H11B. The van der Waals surface area contributed by atoms with Gasteiger partial charge in [-0.2, -0.15) is 0 Å². The summed E-state index contributed by atoms with van der Waals surface area (Å²) >= 11 is 0. The van der Waals surface area contributed by atoms with E-state index in [9.17, 15) is 0 Å². The average Bonchev–Trinajstić information content (AvgIpc) is 2.66. The highest BCUT2D eigenvalue weighted by Crippen LogP contribution is 2.47. The fourth-order valence-electron chi connectivity index (χ4n) is 5.02. The molecule has 25 heavy (non-hydrogen) atoms. The van der Waals surface area contributed by atoms with Gasteiger partial charge >= 0.3 is 0 Å². The van der Waals surface area contributed by atoms with Crippen molar-refractivity contribution in [3.8, 4) is 0 Å². The van der Waals surface area contributed by atoms with Gasteiger partial charge in [-0.25, -0.2) is 0 Å². The third kappa shape index (κ3) is 1.24. The standard InChI is InChI=1S/C24H11B/c25-18-11-16-8-7-14-4-2-12-1-3-13-5-6-15-9-10-17(18)24-22(15)20(13)19(12)21(14)23(16)24/h1-11H. The van der Waals surface area contributed by atoms with Gasteiger partial charge in [0.1, 0.15) is 7.85 Å². The van der Waals surface area contributed by atoms with Gasteiger partial charge < -0.3 is 0 Å². The van der Waals surface area contributed by atoms with E-state index in [1.165, 1.54) is 64.6 Å². The lowest BCUT2D eigenvalue weighted by Crippen LogP contribution is -2.05. The van der Waals surface area contributed by atoms with E-state index < -0.39 is 0 Å². The summed E-state index contributed by atoms with van der Waals surface area (Å²) in [5, 5.41) is 15.9. The lowest BCUT2D eigenvalue weighted by molar-refractivity contribution is 1.81. The molecule has 0 aliphatic heterocycles. The summed E-state index contributed by atoms with van der Waals surface area (Å²) in [6.07, 6.45) is 0. The van der Waals surface area contributed by atoms with Crippen LogP contribution < -0.4 is 5.46 Å². The van der Waals surface area contributed by atoms with Gasteiger partial charge in [-0.05, 0) is 64.6 Å². The summed E-state index contributed by atoms with van der Waals surface area (Å²) < 4.78 is 0. The summed E-state index contributed by atoms with van der Waals surface area (Å²) in [6.45, 7) is 0. The average molecular weight is 310 g/mol. The predicted molar refractivity (Wildman–Crippen MR) is 110 cm³/mol. The molecule has 0 aliphatic rings. The Hall–Kier alpha value is -3.06. The quantitative estimate of drug-likeness (QED) is 0.191. The molecule has 0 N–H and O–H groups in total. The monoisotopic (exact) mass is 310 g/mol. The van der Waals surface area contributed by atoms with Gasteiger partial charge in [0.15, 0.2) is 0 Å². The lowest BCUT2D eigenvalue weighted by Gasteiger charge is -2.21. The van der Waals surface area contributed by atoms with Crippen LogP contribution in [0.3, 0.4) is 0 Å². The van der Waals surface area contributed by atoms with Crippen molar-refractivity contribution >= 4 is 77.9 Å². The molecular weight excluding hydrogens is 299 g/mol. The van der Waals surface area contributed by atoms with Crippen molar-refractivity contribution in [3.63, 3.8) is 0 Å². The zero-order valence-electron chi connectivity index (χ0n) is 13.4. The van der Waals surface area contributed by atoms with Crippen LogP contribution in [0.1, 0.15) is 0 Å². The zero-order valence-corrected chi connectivity index (χ0v) is 13.4. The molecule has 0 heterocycles. The van der Waals surface area contributed by atoms with Gasteiger partial charge in [-0.3, -0.25) is 0 Å². The molecule has 0 aliphatic carbocycles. The first-order valence-electron chi connectivity index (χ1n) is 8.67. The second kappa shape index (κ2) is 3.78. The minimum Gasteiger partial charge on any atom is -0.0883 e. The Labute approximate surface area is 145 Å². The Kier molecular flexibility index (Phi) is 1.86. The van der Waals surface area contributed by atoms with Crippen LogP contribution in [-0.2, 0) is 0 Å². The van der Waals surface area contributed by atoms with Crippen LogP contribution >= 0.6 is 0 Å². The van der Waals surface area contributed by atoms with Crippen LogP contribution in [-0.4, -0.2) is 7.85 Å². The van der Waals surface area contributed by atoms with Crippen molar-refractivity contribution in [1.29, 1.82) is 0 Å². The molecule has 0 saturated carbocycles. The van der Waals surface area contributed by atoms with Crippen molar-refractivity contribution in [2.24, 2.45) is 0 Å². The maximum Gasteiger partial charge on any atom is 0.114 e. The number of hydrogen-bond acceptors (Lipinski definition) is 0. The fourth-order valence-corrected chi connectivity index (χ4v) is 5.02. The highest BCUT2D eigenvalue weighted by atomic mass is 14.2. The van der Waals surface area contributed by atoms with Gasteiger partial charge in [0.05, 0.1) is 0 Å². The number of hydrogen-bond donors (Lipinski definition) is 0. The molecule has 0 spiro atoms. The molecule has 7 aromatic carbocycles. The van der Waals surface area contributed by atoms with Gasteiger partial charge in [-0.1, -0.05) is 72.2 Å². The third-order valence-electron chi connectivity index (χ3n) is 6.03. The Morgan fingerprint density at radius 1 is 0.400 bits per heavy atom. The second-order valence-corrected chi connectivity index (χ2v) is 7.21. The third-order valence-corrected chi connectivity index (χ3v) is 6.03. The molecule has 0 aromatic heterocycles. The van der Waals surface area contributed by atoms with Gasteiger partial charge in [-0.15, -0.1) is 0 Å². The van der Waals surface area contributed by atoms with Crippen molar-refractivity contribution in [2.75, 3.05) is 0 Å². The van der Waals surface area contributed by atoms with Crippen LogP contribution in [0.2, 0.25) is 0 Å². The van der Waals surface area contributed by atoms with E-state index in [0.29, 0.717) is 0 Å². The molecule has 0 saturated heterocycles. The topological polar surface area (TPSA) is 0 Å². The highest BCUT2D eigenvalue weighted by molar-refractivity contribution is 6.49. The van der Waals surface area contributed by atoms with Crippen LogP contribution in [0, 0.1) is 0 Å². The fraction of sp³-hybridized carbons (Fsp3) is 0. The van der Waals surface area contributed by atoms with Crippen molar-refractivity contribution in [2.45, 2.75) is 0 Å². The van der Waals surface area contributed by atoms with Gasteiger partial charge in [0.2, 0.25) is 0 Å². The summed E-state index contributed by atoms with van der Waals surface area (Å²) in [5.41, 5.74) is 0.868. The Morgan fingerprint density at radius 3 is 1.28 bits per heavy atom. The normalized spacial score (nSPS) is 13.0. The molecule has 0 fully saturated rings. The van der Waals surface area contributed by atoms with Crippen LogP contribution in [0.15, 0.2) is 66.7 Å². The smallest absolute Gasteiger partial charge is 0.0883 e.